The molecular weight excluding hydrogens is 382 g/mol. The number of rotatable bonds is 5. The number of hydrogen-bond acceptors (Lipinski definition) is 6. The van der Waals surface area contributed by atoms with Gasteiger partial charge in [0.25, 0.3) is 0 Å². The zero-order valence-corrected chi connectivity index (χ0v) is 16.8. The van der Waals surface area contributed by atoms with Gasteiger partial charge in [0.15, 0.2) is 9.84 Å². The number of sulfonamides is 1. The van der Waals surface area contributed by atoms with Crippen molar-refractivity contribution in [3.8, 4) is 0 Å². The molecule has 2 aromatic heterocycles. The van der Waals surface area contributed by atoms with Gasteiger partial charge in [-0.1, -0.05) is 6.07 Å². The quantitative estimate of drug-likeness (QED) is 0.754. The number of nitrogens with zero attached hydrogens (tertiary/aromatic N) is 3. The zero-order chi connectivity index (χ0) is 18.4. The maximum absolute atomic E-state index is 13.4. The highest BCUT2D eigenvalue weighted by Crippen LogP contribution is 2.30. The highest BCUT2D eigenvalue weighted by atomic mass is 32.2. The number of sulfone groups is 1. The summed E-state index contributed by atoms with van der Waals surface area (Å²) in [6.07, 6.45) is 0.325. The molecule has 3 rings (SSSR count). The predicted octanol–water partition coefficient (Wildman–Crippen LogP) is 1.48. The van der Waals surface area contributed by atoms with Crippen molar-refractivity contribution >= 4 is 31.2 Å². The molecule has 0 unspecified atom stereocenters. The van der Waals surface area contributed by atoms with Gasteiger partial charge in [-0.3, -0.25) is 4.68 Å². The Balaban J connectivity index is 2.07. The van der Waals surface area contributed by atoms with Crippen LogP contribution in [0, 0.1) is 13.8 Å². The van der Waals surface area contributed by atoms with Gasteiger partial charge >= 0.3 is 0 Å². The number of aryl methyl sites for hydroxylation is 2. The third-order valence-electron chi connectivity index (χ3n) is 4.52. The first-order valence-electron chi connectivity index (χ1n) is 7.86. The Bertz CT molecular complexity index is 976. The highest BCUT2D eigenvalue weighted by molar-refractivity contribution is 7.92. The van der Waals surface area contributed by atoms with Gasteiger partial charge < -0.3 is 0 Å². The topological polar surface area (TPSA) is 89.3 Å². The molecule has 25 heavy (non-hydrogen) atoms. The first-order chi connectivity index (χ1) is 11.6. The Morgan fingerprint density at radius 3 is 2.60 bits per heavy atom. The molecule has 0 bridgehead atoms. The van der Waals surface area contributed by atoms with E-state index in [1.54, 1.807) is 20.9 Å². The van der Waals surface area contributed by atoms with Gasteiger partial charge in [-0.25, -0.2) is 16.8 Å². The largest absolute Gasteiger partial charge is 0.271 e. The van der Waals surface area contributed by atoms with E-state index in [1.807, 2.05) is 17.5 Å². The van der Waals surface area contributed by atoms with Crippen molar-refractivity contribution in [1.82, 2.24) is 14.1 Å². The average molecular weight is 404 g/mol. The standard InChI is InChI=1S/C15H21N3O4S3/c1-11-15(12(2)17(3)16-11)25(21,22)18(9-14-5-4-7-23-14)13-6-8-24(19,20)10-13/h4-5,7,13H,6,8-10H2,1-3H3/t13-/m1/s1. The summed E-state index contributed by atoms with van der Waals surface area (Å²) in [5, 5.41) is 6.09. The minimum atomic E-state index is -3.86. The van der Waals surface area contributed by atoms with Crippen molar-refractivity contribution in [3.05, 3.63) is 33.8 Å². The summed E-state index contributed by atoms with van der Waals surface area (Å²) in [5.74, 6) is -0.102. The molecule has 3 heterocycles. The molecule has 0 amide bonds. The van der Waals surface area contributed by atoms with Gasteiger partial charge in [-0.2, -0.15) is 9.40 Å². The molecule has 10 heteroatoms. The molecule has 0 aromatic carbocycles. The molecule has 0 saturated carbocycles. The first-order valence-corrected chi connectivity index (χ1v) is 12.0. The molecule has 1 aliphatic heterocycles. The number of hydrogen-bond donors (Lipinski definition) is 0. The zero-order valence-electron chi connectivity index (χ0n) is 14.3. The van der Waals surface area contributed by atoms with Crippen molar-refractivity contribution in [2.45, 2.75) is 37.8 Å². The second-order valence-corrected chi connectivity index (χ2v) is 11.4. The highest BCUT2D eigenvalue weighted by Gasteiger charge is 2.40. The fourth-order valence-electron chi connectivity index (χ4n) is 3.21. The minimum Gasteiger partial charge on any atom is -0.271 e. The fraction of sp³-hybridized carbons (Fsp3) is 0.533. The molecule has 0 radical (unpaired) electrons. The van der Waals surface area contributed by atoms with Crippen LogP contribution in [0.1, 0.15) is 22.7 Å². The van der Waals surface area contributed by atoms with Gasteiger partial charge in [0.2, 0.25) is 10.0 Å². The molecule has 1 aliphatic rings. The average Bonchev–Trinajstić information content (AvgIpc) is 3.18. The van der Waals surface area contributed by atoms with E-state index in [-0.39, 0.29) is 22.9 Å². The number of aromatic nitrogens is 2. The number of thiophene rings is 1. The van der Waals surface area contributed by atoms with E-state index in [0.717, 1.165) is 4.88 Å². The molecular formula is C15H21N3O4S3. The van der Waals surface area contributed by atoms with E-state index < -0.39 is 25.9 Å². The van der Waals surface area contributed by atoms with Crippen molar-refractivity contribution in [2.75, 3.05) is 11.5 Å². The van der Waals surface area contributed by atoms with Crippen LogP contribution in [-0.2, 0) is 33.5 Å². The van der Waals surface area contributed by atoms with E-state index in [1.165, 1.54) is 20.3 Å². The lowest BCUT2D eigenvalue weighted by molar-refractivity contribution is 0.336. The first kappa shape index (κ1) is 18.6. The van der Waals surface area contributed by atoms with E-state index in [0.29, 0.717) is 17.8 Å². The fourth-order valence-corrected chi connectivity index (χ4v) is 7.86. The Morgan fingerprint density at radius 1 is 1.40 bits per heavy atom. The summed E-state index contributed by atoms with van der Waals surface area (Å²) in [4.78, 5) is 1.06. The second-order valence-electron chi connectivity index (χ2n) is 6.31. The van der Waals surface area contributed by atoms with Crippen LogP contribution in [0.5, 0.6) is 0 Å². The van der Waals surface area contributed by atoms with Crippen LogP contribution in [0.4, 0.5) is 0 Å². The molecule has 0 aliphatic carbocycles. The third kappa shape index (κ3) is 3.53. The van der Waals surface area contributed by atoms with E-state index in [4.69, 9.17) is 0 Å². The van der Waals surface area contributed by atoms with E-state index in [9.17, 15) is 16.8 Å². The molecule has 1 saturated heterocycles. The van der Waals surface area contributed by atoms with Crippen LogP contribution in [0.2, 0.25) is 0 Å². The predicted molar refractivity (Wildman–Crippen MR) is 96.8 cm³/mol. The molecule has 0 spiro atoms. The van der Waals surface area contributed by atoms with Crippen LogP contribution < -0.4 is 0 Å². The Morgan fingerprint density at radius 2 is 2.12 bits per heavy atom. The summed E-state index contributed by atoms with van der Waals surface area (Å²) in [5.41, 5.74) is 0.978. The van der Waals surface area contributed by atoms with Gasteiger partial charge in [0, 0.05) is 24.5 Å². The van der Waals surface area contributed by atoms with Crippen LogP contribution in [0.25, 0.3) is 0 Å². The van der Waals surface area contributed by atoms with E-state index in [2.05, 4.69) is 5.10 Å². The van der Waals surface area contributed by atoms with Gasteiger partial charge in [-0.15, -0.1) is 11.3 Å². The SMILES string of the molecule is Cc1nn(C)c(C)c1S(=O)(=O)N(Cc1cccs1)[C@@H]1CCS(=O)(=O)C1. The lowest BCUT2D eigenvalue weighted by Gasteiger charge is -2.27. The molecule has 7 nitrogen and oxygen atoms in total. The Labute approximate surface area is 152 Å². The molecule has 0 N–H and O–H groups in total. The third-order valence-corrected chi connectivity index (χ3v) is 9.28. The lowest BCUT2D eigenvalue weighted by Crippen LogP contribution is -2.40. The van der Waals surface area contributed by atoms with Crippen LogP contribution in [0.15, 0.2) is 22.4 Å². The van der Waals surface area contributed by atoms with E-state index >= 15 is 0 Å². The van der Waals surface area contributed by atoms with Crippen LogP contribution in [0.3, 0.4) is 0 Å². The lowest BCUT2D eigenvalue weighted by atomic mass is 10.2. The molecule has 138 valence electrons. The van der Waals surface area contributed by atoms with Crippen molar-refractivity contribution in [2.24, 2.45) is 7.05 Å². The van der Waals surface area contributed by atoms with Gasteiger partial charge in [-0.05, 0) is 31.7 Å². The summed E-state index contributed by atoms with van der Waals surface area (Å²) >= 11 is 1.46. The molecule has 1 fully saturated rings. The maximum atomic E-state index is 13.4. The van der Waals surface area contributed by atoms with Gasteiger partial charge in [0.1, 0.15) is 4.90 Å². The summed E-state index contributed by atoms with van der Waals surface area (Å²) in [7, 11) is -5.36. The van der Waals surface area contributed by atoms with Crippen LogP contribution in [-0.4, -0.2) is 48.5 Å². The molecule has 1 atom stereocenters. The van der Waals surface area contributed by atoms with Crippen molar-refractivity contribution in [3.63, 3.8) is 0 Å². The second kappa shape index (κ2) is 6.49. The molecule has 2 aromatic rings. The summed E-state index contributed by atoms with van der Waals surface area (Å²) in [6.45, 7) is 3.55. The summed E-state index contributed by atoms with van der Waals surface area (Å²) in [6, 6.07) is 3.17. The van der Waals surface area contributed by atoms with Crippen LogP contribution >= 0.6 is 11.3 Å². The normalized spacial score (nSPS) is 20.4. The van der Waals surface area contributed by atoms with Gasteiger partial charge in [0.05, 0.1) is 22.9 Å². The Kier molecular flexibility index (Phi) is 4.82. The summed E-state index contributed by atoms with van der Waals surface area (Å²) < 4.78 is 53.5. The smallest absolute Gasteiger partial charge is 0.247 e. The maximum Gasteiger partial charge on any atom is 0.247 e. The van der Waals surface area contributed by atoms with Crippen molar-refractivity contribution in [1.29, 1.82) is 0 Å². The monoisotopic (exact) mass is 403 g/mol. The van der Waals surface area contributed by atoms with Crippen molar-refractivity contribution < 1.29 is 16.8 Å². The minimum absolute atomic E-state index is 0.0269. The Hall–Kier alpha value is -1.23.